The molecule has 8 nitrogen and oxygen atoms in total. The Morgan fingerprint density at radius 2 is 2.00 bits per heavy atom. The third kappa shape index (κ3) is 6.25. The molecule has 0 spiro atoms. The average Bonchev–Trinajstić information content (AvgIpc) is 2.51. The molecule has 0 saturated heterocycles. The number of carboxylic acid groups (broad SMARTS) is 1. The van der Waals surface area contributed by atoms with Crippen LogP contribution >= 0.6 is 11.8 Å². The first-order valence-electron chi connectivity index (χ1n) is 6.78. The topological polar surface area (TPSA) is 119 Å². The Bertz CT molecular complexity index is 563. The zero-order valence-corrected chi connectivity index (χ0v) is 13.5. The summed E-state index contributed by atoms with van der Waals surface area (Å²) in [6, 6.07) is 4.79. The van der Waals surface area contributed by atoms with E-state index in [2.05, 4.69) is 5.32 Å². The predicted octanol–water partition coefficient (Wildman–Crippen LogP) is 1.68. The lowest BCUT2D eigenvalue weighted by molar-refractivity contribution is -0.384. The number of nitro groups is 1. The molecular formula is C14H18N2O6S. The molecule has 0 aromatic heterocycles. The Morgan fingerprint density at radius 3 is 2.48 bits per heavy atom. The quantitative estimate of drug-likeness (QED) is 0.398. The monoisotopic (exact) mass is 342 g/mol. The van der Waals surface area contributed by atoms with Crippen molar-refractivity contribution in [3.63, 3.8) is 0 Å². The van der Waals surface area contributed by atoms with Gasteiger partial charge in [0.25, 0.3) is 5.69 Å². The van der Waals surface area contributed by atoms with E-state index >= 15 is 0 Å². The van der Waals surface area contributed by atoms with Crippen molar-refractivity contribution in [3.05, 3.63) is 34.4 Å². The van der Waals surface area contributed by atoms with Crippen LogP contribution in [0.1, 0.15) is 13.3 Å². The fourth-order valence-corrected chi connectivity index (χ4v) is 2.56. The number of carbonyl (C=O) groups is 2. The van der Waals surface area contributed by atoms with Crippen LogP contribution < -0.4 is 5.32 Å². The summed E-state index contributed by atoms with van der Waals surface area (Å²) in [6.07, 6.45) is 0.173. The number of thioether (sulfide) groups is 1. The number of amides is 1. The van der Waals surface area contributed by atoms with Crippen molar-refractivity contribution in [3.8, 4) is 0 Å². The molecule has 0 saturated carbocycles. The van der Waals surface area contributed by atoms with E-state index in [4.69, 9.17) is 9.84 Å². The summed E-state index contributed by atoms with van der Waals surface area (Å²) >= 11 is 1.19. The molecule has 1 aromatic rings. The highest BCUT2D eigenvalue weighted by Gasteiger charge is 2.23. The molecule has 2 atom stereocenters. The molecule has 0 aliphatic heterocycles. The molecule has 0 radical (unpaired) electrons. The minimum atomic E-state index is -1.12. The van der Waals surface area contributed by atoms with Crippen LogP contribution in [0.15, 0.2) is 29.2 Å². The van der Waals surface area contributed by atoms with Crippen LogP contribution in [0.3, 0.4) is 0 Å². The molecule has 9 heteroatoms. The molecule has 1 rings (SSSR count). The van der Waals surface area contributed by atoms with E-state index in [0.29, 0.717) is 4.90 Å². The summed E-state index contributed by atoms with van der Waals surface area (Å²) in [4.78, 5) is 33.9. The van der Waals surface area contributed by atoms with Gasteiger partial charge in [-0.15, -0.1) is 11.8 Å². The molecule has 2 N–H and O–H groups in total. The highest BCUT2D eigenvalue weighted by Crippen LogP contribution is 2.25. The van der Waals surface area contributed by atoms with E-state index in [1.54, 1.807) is 19.1 Å². The number of hydrogen-bond donors (Lipinski definition) is 2. The Hall–Kier alpha value is -2.13. The number of aliphatic carboxylic acids is 1. The minimum Gasteiger partial charge on any atom is -0.480 e. The van der Waals surface area contributed by atoms with Crippen LogP contribution in [-0.4, -0.2) is 46.9 Å². The molecule has 1 amide bonds. The normalized spacial score (nSPS) is 13.1. The van der Waals surface area contributed by atoms with Crippen molar-refractivity contribution in [2.75, 3.05) is 13.7 Å². The Morgan fingerprint density at radius 1 is 1.39 bits per heavy atom. The van der Waals surface area contributed by atoms with E-state index in [-0.39, 0.29) is 18.7 Å². The highest BCUT2D eigenvalue weighted by molar-refractivity contribution is 8.00. The predicted molar refractivity (Wildman–Crippen MR) is 84.5 cm³/mol. The number of benzene rings is 1. The fourth-order valence-electron chi connectivity index (χ4n) is 1.69. The summed E-state index contributed by atoms with van der Waals surface area (Å²) in [5.74, 6) is -1.54. The maximum atomic E-state index is 12.1. The zero-order chi connectivity index (χ0) is 17.4. The Kier molecular flexibility index (Phi) is 7.49. The summed E-state index contributed by atoms with van der Waals surface area (Å²) in [5.41, 5.74) is -0.0306. The molecule has 126 valence electrons. The van der Waals surface area contributed by atoms with Crippen molar-refractivity contribution >= 4 is 29.3 Å². The van der Waals surface area contributed by atoms with E-state index in [1.165, 1.54) is 31.0 Å². The van der Waals surface area contributed by atoms with Crippen molar-refractivity contribution in [2.45, 2.75) is 29.5 Å². The maximum absolute atomic E-state index is 12.1. The lowest BCUT2D eigenvalue weighted by Gasteiger charge is -2.17. The number of methoxy groups -OCH3 is 1. The average molecular weight is 342 g/mol. The van der Waals surface area contributed by atoms with Crippen LogP contribution in [0.5, 0.6) is 0 Å². The maximum Gasteiger partial charge on any atom is 0.326 e. The molecule has 0 aliphatic carbocycles. The summed E-state index contributed by atoms with van der Waals surface area (Å²) < 4.78 is 4.82. The lowest BCUT2D eigenvalue weighted by atomic mass is 10.2. The molecule has 1 aromatic carbocycles. The number of carbonyl (C=O) groups excluding carboxylic acids is 1. The number of rotatable bonds is 9. The molecule has 0 fully saturated rings. The molecule has 0 aliphatic rings. The van der Waals surface area contributed by atoms with Gasteiger partial charge in [-0.05, 0) is 19.1 Å². The highest BCUT2D eigenvalue weighted by atomic mass is 32.2. The van der Waals surface area contributed by atoms with Crippen molar-refractivity contribution in [1.29, 1.82) is 0 Å². The van der Waals surface area contributed by atoms with Crippen molar-refractivity contribution < 1.29 is 24.4 Å². The minimum absolute atomic E-state index is 0.0306. The number of hydrogen-bond acceptors (Lipinski definition) is 6. The molecule has 0 bridgehead atoms. The van der Waals surface area contributed by atoms with Gasteiger partial charge in [0.05, 0.1) is 10.2 Å². The second-order valence-corrected chi connectivity index (χ2v) is 6.11. The first-order chi connectivity index (χ1) is 10.8. The molecule has 0 heterocycles. The zero-order valence-electron chi connectivity index (χ0n) is 12.7. The second-order valence-electron chi connectivity index (χ2n) is 4.69. The summed E-state index contributed by atoms with van der Waals surface area (Å²) in [6.45, 7) is 1.86. The van der Waals surface area contributed by atoms with Crippen LogP contribution in [0.2, 0.25) is 0 Å². The van der Waals surface area contributed by atoms with E-state index < -0.39 is 28.1 Å². The smallest absolute Gasteiger partial charge is 0.326 e. The second kappa shape index (κ2) is 9.11. The fraction of sp³-hybridized carbons (Fsp3) is 0.429. The van der Waals surface area contributed by atoms with E-state index in [9.17, 15) is 19.7 Å². The van der Waals surface area contributed by atoms with Gasteiger partial charge in [0.2, 0.25) is 5.91 Å². The Balaban J connectivity index is 2.61. The number of non-ortho nitro benzene ring substituents is 1. The third-order valence-corrected chi connectivity index (χ3v) is 4.07. The standard InChI is InChI=1S/C14H18N2O6S/c1-9(13(17)15-12(14(18)19)7-8-22-2)23-11-5-3-10(4-6-11)16(20)21/h3-6,9,12H,7-8H2,1-2H3,(H,15,17)(H,18,19). The van der Waals surface area contributed by atoms with Crippen molar-refractivity contribution in [1.82, 2.24) is 5.32 Å². The van der Waals surface area contributed by atoms with Gasteiger partial charge in [0.1, 0.15) is 6.04 Å². The van der Waals surface area contributed by atoms with Gasteiger partial charge in [-0.25, -0.2) is 4.79 Å². The van der Waals surface area contributed by atoms with Gasteiger partial charge in [-0.3, -0.25) is 14.9 Å². The Labute approximate surface area is 137 Å². The molecule has 23 heavy (non-hydrogen) atoms. The van der Waals surface area contributed by atoms with Gasteiger partial charge < -0.3 is 15.2 Å². The lowest BCUT2D eigenvalue weighted by Crippen LogP contribution is -2.44. The largest absolute Gasteiger partial charge is 0.480 e. The van der Waals surface area contributed by atoms with Crippen LogP contribution in [0.25, 0.3) is 0 Å². The summed E-state index contributed by atoms with van der Waals surface area (Å²) in [5, 5.41) is 21.6. The van der Waals surface area contributed by atoms with Crippen LogP contribution in [0, 0.1) is 10.1 Å². The van der Waals surface area contributed by atoms with Gasteiger partial charge in [-0.1, -0.05) is 0 Å². The first kappa shape index (κ1) is 18.9. The molecular weight excluding hydrogens is 324 g/mol. The van der Waals surface area contributed by atoms with Crippen LogP contribution in [0.4, 0.5) is 5.69 Å². The van der Waals surface area contributed by atoms with Gasteiger partial charge in [0.15, 0.2) is 0 Å². The van der Waals surface area contributed by atoms with Gasteiger partial charge >= 0.3 is 5.97 Å². The van der Waals surface area contributed by atoms with Gasteiger partial charge in [0, 0.05) is 37.2 Å². The number of carboxylic acids is 1. The van der Waals surface area contributed by atoms with E-state index in [0.717, 1.165) is 0 Å². The number of nitrogens with zero attached hydrogens (tertiary/aromatic N) is 1. The van der Waals surface area contributed by atoms with Crippen LogP contribution in [-0.2, 0) is 14.3 Å². The number of ether oxygens (including phenoxy) is 1. The third-order valence-electron chi connectivity index (χ3n) is 2.95. The molecule has 2 unspecified atom stereocenters. The van der Waals surface area contributed by atoms with Crippen molar-refractivity contribution in [2.24, 2.45) is 0 Å². The number of nitro benzene ring substituents is 1. The number of nitrogens with one attached hydrogen (secondary N) is 1. The SMILES string of the molecule is COCCC(NC(=O)C(C)Sc1ccc([N+](=O)[O-])cc1)C(=O)O. The summed E-state index contributed by atoms with van der Waals surface area (Å²) in [7, 11) is 1.45. The van der Waals surface area contributed by atoms with E-state index in [1.807, 2.05) is 0 Å². The van der Waals surface area contributed by atoms with Gasteiger partial charge in [-0.2, -0.15) is 0 Å². The first-order valence-corrected chi connectivity index (χ1v) is 7.66.